The maximum absolute atomic E-state index is 12.4. The minimum atomic E-state index is -4.78. The first kappa shape index (κ1) is 24.2. The van der Waals surface area contributed by atoms with E-state index in [1.807, 2.05) is 19.1 Å². The molecular formula is C22H24F3N3O5. The highest BCUT2D eigenvalue weighted by molar-refractivity contribution is 5.92. The van der Waals surface area contributed by atoms with E-state index in [0.717, 1.165) is 17.7 Å². The molecule has 1 heterocycles. The zero-order chi connectivity index (χ0) is 24.0. The number of anilines is 1. The summed E-state index contributed by atoms with van der Waals surface area (Å²) in [6, 6.07) is 9.96. The van der Waals surface area contributed by atoms with Crippen molar-refractivity contribution in [1.82, 2.24) is 10.2 Å². The number of nitrogens with zero attached hydrogens (tertiary/aromatic N) is 1. The predicted molar refractivity (Wildman–Crippen MR) is 113 cm³/mol. The molecule has 2 N–H and O–H groups in total. The number of hydrogen-bond acceptors (Lipinski definition) is 6. The van der Waals surface area contributed by atoms with Crippen molar-refractivity contribution >= 4 is 17.5 Å². The summed E-state index contributed by atoms with van der Waals surface area (Å²) in [6.07, 6.45) is -4.78. The van der Waals surface area contributed by atoms with Crippen LogP contribution >= 0.6 is 0 Å². The summed E-state index contributed by atoms with van der Waals surface area (Å²) >= 11 is 0. The molecule has 1 unspecified atom stereocenters. The molecule has 33 heavy (non-hydrogen) atoms. The van der Waals surface area contributed by atoms with Gasteiger partial charge in [-0.3, -0.25) is 14.5 Å². The summed E-state index contributed by atoms with van der Waals surface area (Å²) in [4.78, 5) is 26.1. The number of benzene rings is 2. The van der Waals surface area contributed by atoms with Gasteiger partial charge >= 0.3 is 6.36 Å². The van der Waals surface area contributed by atoms with Crippen LogP contribution in [0.15, 0.2) is 42.5 Å². The number of carbonyl (C=O) groups excluding carboxylic acids is 2. The second kappa shape index (κ2) is 10.4. The molecule has 8 nitrogen and oxygen atoms in total. The molecule has 3 rings (SSSR count). The van der Waals surface area contributed by atoms with Gasteiger partial charge in [0.1, 0.15) is 19.0 Å². The van der Waals surface area contributed by atoms with E-state index in [-0.39, 0.29) is 30.8 Å². The number of likely N-dealkylation sites (N-methyl/N-ethyl adjacent to an activating group) is 1. The molecule has 0 spiro atoms. The van der Waals surface area contributed by atoms with Crippen molar-refractivity contribution in [1.29, 1.82) is 0 Å². The lowest BCUT2D eigenvalue weighted by atomic mass is 10.1. The second-order valence-electron chi connectivity index (χ2n) is 7.48. The van der Waals surface area contributed by atoms with Crippen LogP contribution in [0.1, 0.15) is 18.5 Å². The average molecular weight is 467 g/mol. The molecule has 1 aliphatic rings. The lowest BCUT2D eigenvalue weighted by Crippen LogP contribution is -2.39. The quantitative estimate of drug-likeness (QED) is 0.620. The van der Waals surface area contributed by atoms with E-state index in [1.165, 1.54) is 17.0 Å². The third kappa shape index (κ3) is 7.56. The SMILES string of the molecule is CC(NC(=O)CN(C)CC(=O)Nc1ccc(OC(F)(F)F)cc1)c1ccc2c(c1)OCCO2. The molecule has 1 atom stereocenters. The van der Waals surface area contributed by atoms with Crippen molar-refractivity contribution in [2.75, 3.05) is 38.7 Å². The number of rotatable bonds is 8. The zero-order valence-corrected chi connectivity index (χ0v) is 18.1. The van der Waals surface area contributed by atoms with Crippen LogP contribution in [0.4, 0.5) is 18.9 Å². The zero-order valence-electron chi connectivity index (χ0n) is 18.1. The standard InChI is InChI=1S/C22H24F3N3O5/c1-14(15-3-8-18-19(11-15)32-10-9-31-18)26-20(29)12-28(2)13-21(30)27-16-4-6-17(7-5-16)33-22(23,24)25/h3-8,11,14H,9-10,12-13H2,1-2H3,(H,26,29)(H,27,30). The Kier molecular flexibility index (Phi) is 7.64. The van der Waals surface area contributed by atoms with Crippen LogP contribution in [-0.4, -0.2) is 56.4 Å². The summed E-state index contributed by atoms with van der Waals surface area (Å²) in [5, 5.41) is 5.42. The number of fused-ring (bicyclic) bond motifs is 1. The van der Waals surface area contributed by atoms with Gasteiger partial charge in [-0.25, -0.2) is 0 Å². The van der Waals surface area contributed by atoms with E-state index in [4.69, 9.17) is 9.47 Å². The van der Waals surface area contributed by atoms with Gasteiger partial charge in [0.2, 0.25) is 11.8 Å². The third-order valence-corrected chi connectivity index (χ3v) is 4.64. The van der Waals surface area contributed by atoms with Gasteiger partial charge in [0.15, 0.2) is 11.5 Å². The fraction of sp³-hybridized carbons (Fsp3) is 0.364. The molecule has 0 aromatic heterocycles. The number of halogens is 3. The Labute approximate surface area is 188 Å². The first-order valence-electron chi connectivity index (χ1n) is 10.1. The largest absolute Gasteiger partial charge is 0.573 e. The molecule has 0 fully saturated rings. The monoisotopic (exact) mass is 467 g/mol. The molecule has 2 aromatic carbocycles. The lowest BCUT2D eigenvalue weighted by molar-refractivity contribution is -0.274. The molecule has 0 radical (unpaired) electrons. The van der Waals surface area contributed by atoms with Crippen LogP contribution in [-0.2, 0) is 9.59 Å². The minimum absolute atomic E-state index is 0.0271. The molecule has 11 heteroatoms. The fourth-order valence-corrected chi connectivity index (χ4v) is 3.19. The van der Waals surface area contributed by atoms with Gasteiger partial charge in [-0.15, -0.1) is 13.2 Å². The third-order valence-electron chi connectivity index (χ3n) is 4.64. The van der Waals surface area contributed by atoms with Crippen molar-refractivity contribution in [3.63, 3.8) is 0 Å². The molecule has 0 aliphatic carbocycles. The van der Waals surface area contributed by atoms with Crippen LogP contribution in [0.25, 0.3) is 0 Å². The highest BCUT2D eigenvalue weighted by Crippen LogP contribution is 2.32. The Balaban J connectivity index is 1.44. The molecular weight excluding hydrogens is 443 g/mol. The smallest absolute Gasteiger partial charge is 0.486 e. The summed E-state index contributed by atoms with van der Waals surface area (Å²) in [7, 11) is 1.61. The number of hydrogen-bond donors (Lipinski definition) is 2. The van der Waals surface area contributed by atoms with Crippen LogP contribution in [0.5, 0.6) is 17.2 Å². The Bertz CT molecular complexity index is 982. The van der Waals surface area contributed by atoms with Crippen molar-refractivity contribution in [3.05, 3.63) is 48.0 Å². The molecule has 1 aliphatic heterocycles. The van der Waals surface area contributed by atoms with Crippen LogP contribution < -0.4 is 24.8 Å². The summed E-state index contributed by atoms with van der Waals surface area (Å²) < 4.78 is 51.4. The molecule has 2 aromatic rings. The predicted octanol–water partition coefficient (Wildman–Crippen LogP) is 3.10. The molecule has 178 valence electrons. The summed E-state index contributed by atoms with van der Waals surface area (Å²) in [5.74, 6) is 0.209. The van der Waals surface area contributed by atoms with Gasteiger partial charge in [0, 0.05) is 5.69 Å². The van der Waals surface area contributed by atoms with E-state index in [1.54, 1.807) is 13.1 Å². The maximum Gasteiger partial charge on any atom is 0.573 e. The number of amides is 2. The lowest BCUT2D eigenvalue weighted by Gasteiger charge is -2.22. The van der Waals surface area contributed by atoms with Crippen LogP contribution in [0.2, 0.25) is 0 Å². The Hall–Kier alpha value is -3.47. The van der Waals surface area contributed by atoms with E-state index in [0.29, 0.717) is 30.4 Å². The first-order chi connectivity index (χ1) is 15.6. The van der Waals surface area contributed by atoms with Gasteiger partial charge in [-0.1, -0.05) is 6.07 Å². The van der Waals surface area contributed by atoms with E-state index in [9.17, 15) is 22.8 Å². The van der Waals surface area contributed by atoms with Gasteiger partial charge in [-0.2, -0.15) is 0 Å². The molecule has 0 saturated heterocycles. The van der Waals surface area contributed by atoms with Gasteiger partial charge in [0.05, 0.1) is 19.1 Å². The van der Waals surface area contributed by atoms with Crippen molar-refractivity contribution in [2.45, 2.75) is 19.3 Å². The normalized spacial score (nSPS) is 13.9. The van der Waals surface area contributed by atoms with Gasteiger partial charge in [-0.05, 0) is 55.9 Å². The molecule has 0 bridgehead atoms. The topological polar surface area (TPSA) is 89.1 Å². The number of ether oxygens (including phenoxy) is 3. The fourth-order valence-electron chi connectivity index (χ4n) is 3.19. The van der Waals surface area contributed by atoms with E-state index in [2.05, 4.69) is 15.4 Å². The maximum atomic E-state index is 12.4. The van der Waals surface area contributed by atoms with E-state index >= 15 is 0 Å². The average Bonchev–Trinajstić information content (AvgIpc) is 2.73. The summed E-state index contributed by atoms with van der Waals surface area (Å²) in [6.45, 7) is 2.68. The van der Waals surface area contributed by atoms with Crippen LogP contribution in [0.3, 0.4) is 0 Å². The Morgan fingerprint density at radius 2 is 1.67 bits per heavy atom. The van der Waals surface area contributed by atoms with Crippen molar-refractivity contribution in [3.8, 4) is 17.2 Å². The van der Waals surface area contributed by atoms with Crippen molar-refractivity contribution in [2.24, 2.45) is 0 Å². The number of carbonyl (C=O) groups is 2. The first-order valence-corrected chi connectivity index (χ1v) is 10.1. The number of nitrogens with one attached hydrogen (secondary N) is 2. The molecule has 2 amide bonds. The number of alkyl halides is 3. The molecule has 0 saturated carbocycles. The summed E-state index contributed by atoms with van der Waals surface area (Å²) in [5.41, 5.74) is 1.16. The highest BCUT2D eigenvalue weighted by atomic mass is 19.4. The highest BCUT2D eigenvalue weighted by Gasteiger charge is 2.31. The Morgan fingerprint density at radius 1 is 1.03 bits per heavy atom. The Morgan fingerprint density at radius 3 is 2.33 bits per heavy atom. The minimum Gasteiger partial charge on any atom is -0.486 e. The van der Waals surface area contributed by atoms with E-state index < -0.39 is 12.3 Å². The second-order valence-corrected chi connectivity index (χ2v) is 7.48. The van der Waals surface area contributed by atoms with Gasteiger partial charge < -0.3 is 24.8 Å². The van der Waals surface area contributed by atoms with Crippen molar-refractivity contribution < 1.29 is 37.0 Å². The van der Waals surface area contributed by atoms with Gasteiger partial charge in [0.25, 0.3) is 0 Å². The van der Waals surface area contributed by atoms with Crippen LogP contribution in [0, 0.1) is 0 Å².